The number of carbonyl (C=O) groups excluding carboxylic acids is 3. The van der Waals surface area contributed by atoms with Crippen LogP contribution < -0.4 is 15.6 Å². The second-order valence-electron chi connectivity index (χ2n) is 5.46. The SMILES string of the molecule is CCC(=O)c1ccc(OCC(=O)NNC(=O)c2ccc(C)cc2)cc1. The van der Waals surface area contributed by atoms with Crippen molar-refractivity contribution >= 4 is 17.6 Å². The van der Waals surface area contributed by atoms with E-state index >= 15 is 0 Å². The van der Waals surface area contributed by atoms with Crippen LogP contribution in [0.15, 0.2) is 48.5 Å². The Bertz CT molecular complexity index is 752. The van der Waals surface area contributed by atoms with E-state index in [1.54, 1.807) is 43.3 Å². The Balaban J connectivity index is 1.77. The molecule has 0 aromatic heterocycles. The summed E-state index contributed by atoms with van der Waals surface area (Å²) in [6.07, 6.45) is 0.434. The molecule has 0 aliphatic carbocycles. The van der Waals surface area contributed by atoms with E-state index in [-0.39, 0.29) is 12.4 Å². The number of carbonyl (C=O) groups is 3. The summed E-state index contributed by atoms with van der Waals surface area (Å²) in [5.74, 6) is -0.388. The van der Waals surface area contributed by atoms with Crippen molar-refractivity contribution in [3.63, 3.8) is 0 Å². The zero-order chi connectivity index (χ0) is 18.2. The monoisotopic (exact) mass is 340 g/mol. The standard InChI is InChI=1S/C19H20N2O4/c1-3-17(22)14-8-10-16(11-9-14)25-12-18(23)20-21-19(24)15-6-4-13(2)5-7-15/h4-11H,3,12H2,1-2H3,(H,20,23)(H,21,24). The number of Topliss-reactive ketones (excluding diaryl/α,β-unsaturated/α-hetero) is 1. The Morgan fingerprint density at radius 2 is 1.48 bits per heavy atom. The van der Waals surface area contributed by atoms with Crippen molar-refractivity contribution < 1.29 is 19.1 Å². The highest BCUT2D eigenvalue weighted by Gasteiger charge is 2.08. The lowest BCUT2D eigenvalue weighted by Gasteiger charge is -2.09. The summed E-state index contributed by atoms with van der Waals surface area (Å²) >= 11 is 0. The molecule has 0 heterocycles. The Labute approximate surface area is 146 Å². The number of hydrogen-bond donors (Lipinski definition) is 2. The van der Waals surface area contributed by atoms with Crippen LogP contribution in [0, 0.1) is 6.92 Å². The van der Waals surface area contributed by atoms with Gasteiger partial charge >= 0.3 is 0 Å². The predicted molar refractivity (Wildman–Crippen MR) is 93.3 cm³/mol. The number of nitrogens with one attached hydrogen (secondary N) is 2. The van der Waals surface area contributed by atoms with Gasteiger partial charge in [-0.2, -0.15) is 0 Å². The van der Waals surface area contributed by atoms with Gasteiger partial charge in [-0.3, -0.25) is 25.2 Å². The molecule has 0 aliphatic heterocycles. The van der Waals surface area contributed by atoms with Crippen molar-refractivity contribution in [1.82, 2.24) is 10.9 Å². The summed E-state index contributed by atoms with van der Waals surface area (Å²) in [5.41, 5.74) is 6.70. The number of aryl methyl sites for hydroxylation is 1. The Morgan fingerprint density at radius 3 is 2.08 bits per heavy atom. The molecule has 0 saturated heterocycles. The molecule has 6 nitrogen and oxygen atoms in total. The number of hydrazine groups is 1. The number of amides is 2. The first-order chi connectivity index (χ1) is 12.0. The summed E-state index contributed by atoms with van der Waals surface area (Å²) in [5, 5.41) is 0. The fourth-order valence-corrected chi connectivity index (χ4v) is 2.03. The highest BCUT2D eigenvalue weighted by Crippen LogP contribution is 2.13. The van der Waals surface area contributed by atoms with Crippen LogP contribution in [0.2, 0.25) is 0 Å². The number of benzene rings is 2. The fourth-order valence-electron chi connectivity index (χ4n) is 2.03. The van der Waals surface area contributed by atoms with Gasteiger partial charge in [0.2, 0.25) is 0 Å². The van der Waals surface area contributed by atoms with Crippen LogP contribution in [0.25, 0.3) is 0 Å². The molecule has 6 heteroatoms. The first-order valence-corrected chi connectivity index (χ1v) is 7.91. The van der Waals surface area contributed by atoms with Gasteiger partial charge < -0.3 is 4.74 Å². The largest absolute Gasteiger partial charge is 0.484 e. The minimum atomic E-state index is -0.492. The van der Waals surface area contributed by atoms with Crippen LogP contribution in [0.5, 0.6) is 5.75 Å². The second-order valence-corrected chi connectivity index (χ2v) is 5.46. The van der Waals surface area contributed by atoms with E-state index in [2.05, 4.69) is 10.9 Å². The van der Waals surface area contributed by atoms with E-state index in [0.29, 0.717) is 23.3 Å². The molecule has 2 amide bonds. The third-order valence-electron chi connectivity index (χ3n) is 3.50. The van der Waals surface area contributed by atoms with Crippen LogP contribution >= 0.6 is 0 Å². The lowest BCUT2D eigenvalue weighted by Crippen LogP contribution is -2.43. The topological polar surface area (TPSA) is 84.5 Å². The molecule has 2 aromatic carbocycles. The van der Waals surface area contributed by atoms with Gasteiger partial charge in [0.15, 0.2) is 12.4 Å². The van der Waals surface area contributed by atoms with E-state index in [9.17, 15) is 14.4 Å². The predicted octanol–water partition coefficient (Wildman–Crippen LogP) is 2.43. The molecule has 2 N–H and O–H groups in total. The number of hydrogen-bond acceptors (Lipinski definition) is 4. The average Bonchev–Trinajstić information content (AvgIpc) is 2.64. The molecular weight excluding hydrogens is 320 g/mol. The van der Waals surface area contributed by atoms with Crippen molar-refractivity contribution in [2.75, 3.05) is 6.61 Å². The Kier molecular flexibility index (Phi) is 6.28. The van der Waals surface area contributed by atoms with Crippen molar-refractivity contribution in [3.8, 4) is 5.75 Å². The summed E-state index contributed by atoms with van der Waals surface area (Å²) in [7, 11) is 0. The molecular formula is C19H20N2O4. The van der Waals surface area contributed by atoms with Crippen LogP contribution in [0.1, 0.15) is 39.6 Å². The van der Waals surface area contributed by atoms with Crippen LogP contribution in [-0.2, 0) is 4.79 Å². The number of ketones is 1. The van der Waals surface area contributed by atoms with Gasteiger partial charge in [0.25, 0.3) is 11.8 Å². The van der Waals surface area contributed by atoms with Gasteiger partial charge in [-0.25, -0.2) is 0 Å². The molecule has 0 unspecified atom stereocenters. The first-order valence-electron chi connectivity index (χ1n) is 7.91. The van der Waals surface area contributed by atoms with Crippen LogP contribution in [-0.4, -0.2) is 24.2 Å². The molecule has 130 valence electrons. The molecule has 2 rings (SSSR count). The highest BCUT2D eigenvalue weighted by molar-refractivity contribution is 5.96. The molecule has 0 fully saturated rings. The zero-order valence-corrected chi connectivity index (χ0v) is 14.2. The Morgan fingerprint density at radius 1 is 0.880 bits per heavy atom. The molecule has 25 heavy (non-hydrogen) atoms. The molecule has 0 saturated carbocycles. The summed E-state index contributed by atoms with van der Waals surface area (Å²) in [6, 6.07) is 13.5. The van der Waals surface area contributed by atoms with Crippen molar-refractivity contribution in [3.05, 3.63) is 65.2 Å². The molecule has 0 aliphatic rings. The third-order valence-corrected chi connectivity index (χ3v) is 3.50. The molecule has 0 spiro atoms. The molecule has 0 bridgehead atoms. The molecule has 0 radical (unpaired) electrons. The first kappa shape index (κ1) is 18.2. The second kappa shape index (κ2) is 8.63. The lowest BCUT2D eigenvalue weighted by atomic mass is 10.1. The van der Waals surface area contributed by atoms with E-state index in [4.69, 9.17) is 4.74 Å². The quantitative estimate of drug-likeness (QED) is 0.625. The van der Waals surface area contributed by atoms with Crippen LogP contribution in [0.4, 0.5) is 0 Å². The number of rotatable bonds is 6. The Hall–Kier alpha value is -3.15. The maximum Gasteiger partial charge on any atom is 0.276 e. The van der Waals surface area contributed by atoms with E-state index in [1.165, 1.54) is 0 Å². The van der Waals surface area contributed by atoms with Crippen molar-refractivity contribution in [2.24, 2.45) is 0 Å². The van der Waals surface area contributed by atoms with E-state index in [1.807, 2.05) is 19.1 Å². The maximum atomic E-state index is 11.9. The van der Waals surface area contributed by atoms with Gasteiger partial charge in [-0.1, -0.05) is 24.6 Å². The van der Waals surface area contributed by atoms with Crippen LogP contribution in [0.3, 0.4) is 0 Å². The van der Waals surface area contributed by atoms with Gasteiger partial charge in [0.1, 0.15) is 5.75 Å². The van der Waals surface area contributed by atoms with Gasteiger partial charge in [0.05, 0.1) is 0 Å². The normalized spacial score (nSPS) is 10.0. The highest BCUT2D eigenvalue weighted by atomic mass is 16.5. The fraction of sp³-hybridized carbons (Fsp3) is 0.211. The minimum Gasteiger partial charge on any atom is -0.484 e. The van der Waals surface area contributed by atoms with Gasteiger partial charge in [-0.05, 0) is 43.3 Å². The van der Waals surface area contributed by atoms with Crippen molar-refractivity contribution in [1.29, 1.82) is 0 Å². The summed E-state index contributed by atoms with van der Waals surface area (Å²) in [6.45, 7) is 3.46. The maximum absolute atomic E-state index is 11.9. The lowest BCUT2D eigenvalue weighted by molar-refractivity contribution is -0.123. The van der Waals surface area contributed by atoms with Crippen molar-refractivity contribution in [2.45, 2.75) is 20.3 Å². The zero-order valence-electron chi connectivity index (χ0n) is 14.2. The van der Waals surface area contributed by atoms with Gasteiger partial charge in [0, 0.05) is 17.5 Å². The van der Waals surface area contributed by atoms with Gasteiger partial charge in [-0.15, -0.1) is 0 Å². The number of ether oxygens (including phenoxy) is 1. The minimum absolute atomic E-state index is 0.0445. The summed E-state index contributed by atoms with van der Waals surface area (Å²) in [4.78, 5) is 35.1. The molecule has 0 atom stereocenters. The summed E-state index contributed by atoms with van der Waals surface area (Å²) < 4.78 is 5.32. The van der Waals surface area contributed by atoms with E-state index < -0.39 is 11.8 Å². The average molecular weight is 340 g/mol. The molecule has 2 aromatic rings. The third kappa shape index (κ3) is 5.46. The van der Waals surface area contributed by atoms with E-state index in [0.717, 1.165) is 5.56 Å². The smallest absolute Gasteiger partial charge is 0.276 e.